The Balaban J connectivity index is 2.07. The van der Waals surface area contributed by atoms with Gasteiger partial charge in [0.05, 0.1) is 0 Å². The van der Waals surface area contributed by atoms with E-state index in [9.17, 15) is 4.79 Å². The fourth-order valence-corrected chi connectivity index (χ4v) is 2.71. The number of hydrogen-bond donors (Lipinski definition) is 1. The topological polar surface area (TPSA) is 17.1 Å². The number of hydrogen-bond acceptors (Lipinski definition) is 2. The third-order valence-corrected chi connectivity index (χ3v) is 4.07. The van der Waals surface area contributed by atoms with Crippen LogP contribution in [0.2, 0.25) is 0 Å². The summed E-state index contributed by atoms with van der Waals surface area (Å²) in [6.45, 7) is 3.71. The lowest BCUT2D eigenvalue weighted by Crippen LogP contribution is -2.01. The molecule has 0 aliphatic carbocycles. The molecule has 0 aliphatic rings. The highest BCUT2D eigenvalue weighted by Gasteiger charge is 2.10. The molecule has 0 radical (unpaired) electrons. The van der Waals surface area contributed by atoms with E-state index in [-0.39, 0.29) is 11.0 Å². The fourth-order valence-electron chi connectivity index (χ4n) is 2.42. The highest BCUT2D eigenvalue weighted by atomic mass is 32.1. The van der Waals surface area contributed by atoms with Crippen LogP contribution in [-0.2, 0) is 6.42 Å². The number of carbonyl (C=O) groups excluding carboxylic acids is 1. The normalized spacial score (nSPS) is 12.2. The van der Waals surface area contributed by atoms with Gasteiger partial charge in [0.15, 0.2) is 5.78 Å². The van der Waals surface area contributed by atoms with Crippen molar-refractivity contribution in [3.05, 3.63) is 70.8 Å². The summed E-state index contributed by atoms with van der Waals surface area (Å²) in [7, 11) is 0. The van der Waals surface area contributed by atoms with Crippen LogP contribution in [0, 0.1) is 6.92 Å². The molecule has 20 heavy (non-hydrogen) atoms. The number of aryl methyl sites for hydroxylation is 2. The minimum absolute atomic E-state index is 0.131. The van der Waals surface area contributed by atoms with Crippen LogP contribution in [-0.4, -0.2) is 5.78 Å². The molecule has 0 amide bonds. The summed E-state index contributed by atoms with van der Waals surface area (Å²) < 4.78 is 0. The predicted octanol–water partition coefficient (Wildman–Crippen LogP) is 4.80. The van der Waals surface area contributed by atoms with Crippen molar-refractivity contribution in [3.63, 3.8) is 0 Å². The minimum Gasteiger partial charge on any atom is -0.295 e. The first-order valence-corrected chi connectivity index (χ1v) is 7.43. The zero-order valence-electron chi connectivity index (χ0n) is 12.0. The molecule has 2 heteroatoms. The molecular weight excluding hydrogens is 264 g/mol. The number of thiol groups is 1. The molecule has 0 spiro atoms. The molecular formula is C18H20OS. The monoisotopic (exact) mass is 284 g/mol. The van der Waals surface area contributed by atoms with Crippen LogP contribution in [0.15, 0.2) is 48.5 Å². The van der Waals surface area contributed by atoms with Crippen molar-refractivity contribution in [1.82, 2.24) is 0 Å². The van der Waals surface area contributed by atoms with Crippen LogP contribution in [0.1, 0.15) is 45.6 Å². The molecule has 2 aromatic rings. The molecule has 2 rings (SSSR count). The molecule has 0 aromatic heterocycles. The van der Waals surface area contributed by atoms with E-state index >= 15 is 0 Å². The van der Waals surface area contributed by atoms with E-state index in [2.05, 4.69) is 31.2 Å². The van der Waals surface area contributed by atoms with Crippen LogP contribution >= 0.6 is 12.6 Å². The van der Waals surface area contributed by atoms with Crippen molar-refractivity contribution in [3.8, 4) is 0 Å². The zero-order valence-corrected chi connectivity index (χ0v) is 12.9. The molecule has 0 aliphatic heterocycles. The van der Waals surface area contributed by atoms with E-state index in [1.807, 2.05) is 24.3 Å². The van der Waals surface area contributed by atoms with E-state index < -0.39 is 0 Å². The average Bonchev–Trinajstić information content (AvgIpc) is 2.45. The second kappa shape index (κ2) is 6.76. The van der Waals surface area contributed by atoms with Gasteiger partial charge in [0, 0.05) is 10.8 Å². The Morgan fingerprint density at radius 3 is 2.60 bits per heavy atom. The van der Waals surface area contributed by atoms with Crippen LogP contribution in [0.3, 0.4) is 0 Å². The Morgan fingerprint density at radius 2 is 1.90 bits per heavy atom. The number of rotatable bonds is 5. The molecule has 2 aromatic carbocycles. The van der Waals surface area contributed by atoms with Crippen LogP contribution in [0.5, 0.6) is 0 Å². The lowest BCUT2D eigenvalue weighted by molar-refractivity contribution is 0.101. The number of ketones is 1. The maximum absolute atomic E-state index is 11.6. The zero-order chi connectivity index (χ0) is 14.5. The van der Waals surface area contributed by atoms with E-state index in [0.717, 1.165) is 24.0 Å². The first kappa shape index (κ1) is 14.9. The number of benzene rings is 2. The molecule has 0 heterocycles. The van der Waals surface area contributed by atoms with E-state index in [0.29, 0.717) is 0 Å². The molecule has 0 fully saturated rings. The predicted molar refractivity (Wildman–Crippen MR) is 87.7 cm³/mol. The van der Waals surface area contributed by atoms with Gasteiger partial charge in [-0.15, -0.1) is 0 Å². The Morgan fingerprint density at radius 1 is 1.15 bits per heavy atom. The molecule has 0 unspecified atom stereocenters. The van der Waals surface area contributed by atoms with Crippen molar-refractivity contribution in [1.29, 1.82) is 0 Å². The first-order valence-electron chi connectivity index (χ1n) is 6.91. The van der Waals surface area contributed by atoms with Gasteiger partial charge in [-0.1, -0.05) is 54.1 Å². The second-order valence-corrected chi connectivity index (χ2v) is 5.81. The van der Waals surface area contributed by atoms with Crippen molar-refractivity contribution >= 4 is 18.4 Å². The third kappa shape index (κ3) is 3.73. The number of carbonyl (C=O) groups is 1. The summed E-state index contributed by atoms with van der Waals surface area (Å²) in [5, 5.41) is 0.204. The van der Waals surface area contributed by atoms with Gasteiger partial charge in [0.2, 0.25) is 0 Å². The van der Waals surface area contributed by atoms with Gasteiger partial charge >= 0.3 is 0 Å². The highest BCUT2D eigenvalue weighted by Crippen LogP contribution is 2.26. The first-order chi connectivity index (χ1) is 9.58. The van der Waals surface area contributed by atoms with Gasteiger partial charge in [0.25, 0.3) is 0 Å². The maximum atomic E-state index is 11.6. The van der Waals surface area contributed by atoms with Crippen LogP contribution < -0.4 is 0 Å². The fraction of sp³-hybridized carbons (Fsp3) is 0.278. The van der Waals surface area contributed by atoms with Gasteiger partial charge in [0.1, 0.15) is 0 Å². The lowest BCUT2D eigenvalue weighted by atomic mass is 9.97. The summed E-state index contributed by atoms with van der Waals surface area (Å²) in [6.07, 6.45) is 1.80. The van der Waals surface area contributed by atoms with Gasteiger partial charge in [-0.25, -0.2) is 0 Å². The molecule has 0 saturated heterocycles. The van der Waals surface area contributed by atoms with Crippen molar-refractivity contribution in [2.45, 2.75) is 31.9 Å². The van der Waals surface area contributed by atoms with Gasteiger partial charge in [-0.2, -0.15) is 12.6 Å². The molecule has 0 N–H and O–H groups in total. The molecule has 104 valence electrons. The van der Waals surface area contributed by atoms with Gasteiger partial charge in [-0.05, 0) is 37.8 Å². The van der Waals surface area contributed by atoms with Gasteiger partial charge in [-0.3, -0.25) is 4.79 Å². The summed E-state index contributed by atoms with van der Waals surface area (Å²) in [5.74, 6) is 0.131. The SMILES string of the molecule is CC(=O)c1ccccc1CC[C@@H](S)c1cccc(C)c1. The summed E-state index contributed by atoms with van der Waals surface area (Å²) in [5.41, 5.74) is 4.45. The summed E-state index contributed by atoms with van der Waals surface area (Å²) >= 11 is 4.70. The third-order valence-electron chi connectivity index (χ3n) is 3.51. The minimum atomic E-state index is 0.131. The molecule has 0 bridgehead atoms. The summed E-state index contributed by atoms with van der Waals surface area (Å²) in [6, 6.07) is 16.3. The van der Waals surface area contributed by atoms with Crippen molar-refractivity contribution in [2.24, 2.45) is 0 Å². The molecule has 1 nitrogen and oxygen atoms in total. The Labute approximate surface area is 126 Å². The smallest absolute Gasteiger partial charge is 0.160 e. The lowest BCUT2D eigenvalue weighted by Gasteiger charge is -2.13. The highest BCUT2D eigenvalue weighted by molar-refractivity contribution is 7.80. The Hall–Kier alpha value is -1.54. The molecule has 1 atom stereocenters. The van der Waals surface area contributed by atoms with Crippen LogP contribution in [0.4, 0.5) is 0 Å². The standard InChI is InChI=1S/C18H20OS/c1-13-6-5-8-16(12-13)18(20)11-10-15-7-3-4-9-17(15)14(2)19/h3-9,12,18,20H,10-11H2,1-2H3/t18-/m1/s1. The van der Waals surface area contributed by atoms with Gasteiger partial charge < -0.3 is 0 Å². The quantitative estimate of drug-likeness (QED) is 0.616. The Kier molecular flexibility index (Phi) is 5.02. The van der Waals surface area contributed by atoms with E-state index in [1.54, 1.807) is 6.92 Å². The van der Waals surface area contributed by atoms with E-state index in [1.165, 1.54) is 11.1 Å². The van der Waals surface area contributed by atoms with E-state index in [4.69, 9.17) is 12.6 Å². The largest absolute Gasteiger partial charge is 0.295 e. The van der Waals surface area contributed by atoms with Crippen molar-refractivity contribution < 1.29 is 4.79 Å². The maximum Gasteiger partial charge on any atom is 0.160 e. The second-order valence-electron chi connectivity index (χ2n) is 5.18. The number of Topliss-reactive ketones (excluding diaryl/α,β-unsaturated/α-hetero) is 1. The van der Waals surface area contributed by atoms with Crippen molar-refractivity contribution in [2.75, 3.05) is 0 Å². The average molecular weight is 284 g/mol. The summed E-state index contributed by atoms with van der Waals surface area (Å²) in [4.78, 5) is 11.6. The van der Waals surface area contributed by atoms with Crippen LogP contribution in [0.25, 0.3) is 0 Å². The molecule has 0 saturated carbocycles. The Bertz CT molecular complexity index is 604.